The Labute approximate surface area is 146 Å². The van der Waals surface area contributed by atoms with Gasteiger partial charge < -0.3 is 0 Å². The molecule has 2 aromatic carbocycles. The van der Waals surface area contributed by atoms with E-state index in [2.05, 4.69) is 91.1 Å². The summed E-state index contributed by atoms with van der Waals surface area (Å²) in [5, 5.41) is 5.30. The molecule has 0 aromatic heterocycles. The van der Waals surface area contributed by atoms with Crippen molar-refractivity contribution in [2.45, 2.75) is 34.9 Å². The van der Waals surface area contributed by atoms with E-state index in [1.165, 1.54) is 11.1 Å². The summed E-state index contributed by atoms with van der Waals surface area (Å²) in [6.45, 7) is 4.78. The fraction of sp³-hybridized carbons (Fsp3) is 0.261. The van der Waals surface area contributed by atoms with Gasteiger partial charge in [-0.25, -0.2) is 0 Å². The van der Waals surface area contributed by atoms with Crippen LogP contribution >= 0.6 is 0 Å². The standard InChI is InChI=1S/C13H9.C5H5.C3H6.2CH3.Ti/c1-3-7-12-10(5-1)9-11-6-2-4-8-13(11)12;1-2-4-5-3-1;1-3-2;;;/h1-9H;1-3H,4H2;1-2H3;2*1H3;. The van der Waals surface area contributed by atoms with E-state index < -0.39 is 14.8 Å². The topological polar surface area (TPSA) is 0 Å². The van der Waals surface area contributed by atoms with Crippen molar-refractivity contribution in [3.05, 3.63) is 81.8 Å². The van der Waals surface area contributed by atoms with Crippen LogP contribution in [0.2, 0.25) is 10.5 Å². The predicted molar refractivity (Wildman–Crippen MR) is 104 cm³/mol. The molecule has 2 aliphatic carbocycles. The molecule has 0 spiro atoms. The van der Waals surface area contributed by atoms with E-state index in [0.29, 0.717) is 4.22 Å². The van der Waals surface area contributed by atoms with E-state index >= 15 is 0 Å². The Balaban J connectivity index is 2.11. The molecule has 0 aliphatic heterocycles. The van der Waals surface area contributed by atoms with E-state index in [0.717, 1.165) is 6.42 Å². The van der Waals surface area contributed by atoms with Crippen molar-refractivity contribution in [2.24, 2.45) is 0 Å². The van der Waals surface area contributed by atoms with Crippen molar-refractivity contribution in [1.29, 1.82) is 0 Å². The summed E-state index contributed by atoms with van der Waals surface area (Å²) >= 11 is -3.11. The van der Waals surface area contributed by atoms with Crippen molar-refractivity contribution in [3.8, 4) is 11.1 Å². The normalized spacial score (nSPS) is 16.8. The molecular formula is C23H26Ti. The summed E-state index contributed by atoms with van der Waals surface area (Å²) < 4.78 is 3.92. The number of benzene rings is 2. The average molecular weight is 350 g/mol. The van der Waals surface area contributed by atoms with Crippen LogP contribution in [0.15, 0.2) is 70.6 Å². The summed E-state index contributed by atoms with van der Waals surface area (Å²) in [6, 6.07) is 18.2. The zero-order valence-electron chi connectivity index (χ0n) is 15.1. The third-order valence-corrected chi connectivity index (χ3v) is 19.1. The maximum absolute atomic E-state index is 3.11. The number of hydrogen-bond acceptors (Lipinski definition) is 0. The van der Waals surface area contributed by atoms with Crippen molar-refractivity contribution in [3.63, 3.8) is 0 Å². The van der Waals surface area contributed by atoms with Gasteiger partial charge in [0.25, 0.3) is 0 Å². The molecule has 0 fully saturated rings. The van der Waals surface area contributed by atoms with E-state index in [1.807, 2.05) is 0 Å². The molecule has 2 aliphatic rings. The Morgan fingerprint density at radius 2 is 1.42 bits per heavy atom. The van der Waals surface area contributed by atoms with Crippen LogP contribution in [-0.2, 0) is 14.8 Å². The van der Waals surface area contributed by atoms with Crippen LogP contribution in [0, 0.1) is 0 Å². The van der Waals surface area contributed by atoms with E-state index in [1.54, 1.807) is 18.8 Å². The van der Waals surface area contributed by atoms with Crippen molar-refractivity contribution in [1.82, 2.24) is 0 Å². The third-order valence-electron chi connectivity index (χ3n) is 7.00. The second kappa shape index (κ2) is 5.25. The molecule has 0 saturated heterocycles. The molecule has 0 unspecified atom stereocenters. The summed E-state index contributed by atoms with van der Waals surface area (Å²) in [5.41, 5.74) is 6.00. The van der Waals surface area contributed by atoms with Crippen LogP contribution < -0.4 is 0 Å². The SMILES string of the molecule is C[C](C)=[Ti]([CH3])([CH3])([C]1=CC=CC1)[CH]1c2ccccc2-c2ccccc21. The summed E-state index contributed by atoms with van der Waals surface area (Å²) in [7, 11) is 0. The Morgan fingerprint density at radius 3 is 1.88 bits per heavy atom. The molecule has 24 heavy (non-hydrogen) atoms. The second-order valence-electron chi connectivity index (χ2n) is 8.42. The Hall–Kier alpha value is -1.50. The number of hydrogen-bond donors (Lipinski definition) is 0. The molecule has 0 radical (unpaired) electrons. The molecule has 0 atom stereocenters. The quantitative estimate of drug-likeness (QED) is 0.535. The zero-order chi connectivity index (χ0) is 17.0. The molecule has 0 nitrogen and oxygen atoms in total. The number of fused-ring (bicyclic) bond motifs is 3. The van der Waals surface area contributed by atoms with Crippen LogP contribution in [0.1, 0.15) is 35.6 Å². The van der Waals surface area contributed by atoms with Gasteiger partial charge in [0, 0.05) is 0 Å². The predicted octanol–water partition coefficient (Wildman–Crippen LogP) is 6.60. The van der Waals surface area contributed by atoms with Crippen LogP contribution in [0.5, 0.6) is 0 Å². The molecular weight excluding hydrogens is 324 g/mol. The van der Waals surface area contributed by atoms with Gasteiger partial charge in [-0.1, -0.05) is 0 Å². The van der Waals surface area contributed by atoms with E-state index in [9.17, 15) is 0 Å². The molecule has 0 saturated carbocycles. The van der Waals surface area contributed by atoms with Crippen molar-refractivity contribution >= 4 is 3.81 Å². The van der Waals surface area contributed by atoms with Gasteiger partial charge in [-0.2, -0.15) is 0 Å². The number of rotatable bonds is 2. The van der Waals surface area contributed by atoms with Gasteiger partial charge in [0.15, 0.2) is 0 Å². The van der Waals surface area contributed by atoms with Crippen LogP contribution in [-0.4, -0.2) is 3.81 Å². The van der Waals surface area contributed by atoms with Gasteiger partial charge >= 0.3 is 146 Å². The Bertz CT molecular complexity index is 914. The van der Waals surface area contributed by atoms with Gasteiger partial charge in [-0.05, 0) is 0 Å². The fourth-order valence-corrected chi connectivity index (χ4v) is 13.2. The Morgan fingerprint density at radius 1 is 0.875 bits per heavy atom. The van der Waals surface area contributed by atoms with E-state index in [-0.39, 0.29) is 0 Å². The summed E-state index contributed by atoms with van der Waals surface area (Å²) in [4.78, 5) is 0. The van der Waals surface area contributed by atoms with Crippen LogP contribution in [0.3, 0.4) is 0 Å². The molecule has 0 amide bonds. The molecule has 1 heteroatoms. The summed E-state index contributed by atoms with van der Waals surface area (Å²) in [6.07, 6.45) is 8.16. The van der Waals surface area contributed by atoms with Gasteiger partial charge in [0.05, 0.1) is 0 Å². The second-order valence-corrected chi connectivity index (χ2v) is 19.7. The fourth-order valence-electron chi connectivity index (χ4n) is 4.90. The van der Waals surface area contributed by atoms with Crippen LogP contribution in [0.25, 0.3) is 11.1 Å². The minimum absolute atomic E-state index is 0.547. The summed E-state index contributed by atoms with van der Waals surface area (Å²) in [5.74, 6) is 0. The molecule has 4 rings (SSSR count). The van der Waals surface area contributed by atoms with Gasteiger partial charge in [-0.15, -0.1) is 0 Å². The van der Waals surface area contributed by atoms with Crippen molar-refractivity contribution in [2.75, 3.05) is 0 Å². The molecule has 0 heterocycles. The first-order valence-corrected chi connectivity index (χ1v) is 14.6. The van der Waals surface area contributed by atoms with Gasteiger partial charge in [0.1, 0.15) is 0 Å². The van der Waals surface area contributed by atoms with Gasteiger partial charge in [-0.3, -0.25) is 0 Å². The Kier molecular flexibility index (Phi) is 3.50. The molecule has 2 aromatic rings. The first-order chi connectivity index (χ1) is 11.4. The van der Waals surface area contributed by atoms with E-state index in [4.69, 9.17) is 0 Å². The number of allylic oxidation sites excluding steroid dienone is 4. The molecule has 122 valence electrons. The minimum atomic E-state index is -3.11. The molecule has 0 N–H and O–H groups in total. The first-order valence-electron chi connectivity index (χ1n) is 8.99. The van der Waals surface area contributed by atoms with Crippen LogP contribution in [0.4, 0.5) is 0 Å². The average Bonchev–Trinajstić information content (AvgIpc) is 3.22. The zero-order valence-corrected chi connectivity index (χ0v) is 16.7. The first kappa shape index (κ1) is 16.0. The maximum atomic E-state index is 2.65. The van der Waals surface area contributed by atoms with Crippen molar-refractivity contribution < 1.29 is 14.8 Å². The molecule has 0 bridgehead atoms. The van der Waals surface area contributed by atoms with Gasteiger partial charge in [0.2, 0.25) is 0 Å². The third kappa shape index (κ3) is 1.93. The monoisotopic (exact) mass is 350 g/mol.